The monoisotopic (exact) mass is 507 g/mol. The number of fused-ring (bicyclic) bond motifs is 6. The van der Waals surface area contributed by atoms with Gasteiger partial charge in [0.05, 0.1) is 28.4 Å². The number of halogens is 6. The minimum atomic E-state index is -1.67. The third-order valence-electron chi connectivity index (χ3n) is 6.54. The van der Waals surface area contributed by atoms with E-state index in [2.05, 4.69) is 0 Å². The molecule has 0 radical (unpaired) electrons. The molecule has 2 bridgehead atoms. The summed E-state index contributed by atoms with van der Waals surface area (Å²) in [6.45, 7) is 1.21. The molecule has 3 aliphatic carbocycles. The zero-order valence-corrected chi connectivity index (χ0v) is 19.0. The van der Waals surface area contributed by atoms with Gasteiger partial charge in [0.15, 0.2) is 4.33 Å². The number of alkyl halides is 4. The van der Waals surface area contributed by atoms with Crippen LogP contribution in [0.25, 0.3) is 0 Å². The first-order valence-corrected chi connectivity index (χ1v) is 11.0. The van der Waals surface area contributed by atoms with E-state index >= 15 is 0 Å². The fraction of sp³-hybridized carbons (Fsp3) is 0.706. The summed E-state index contributed by atoms with van der Waals surface area (Å²) in [7, 11) is 0. The first-order valence-electron chi connectivity index (χ1n) is 8.71. The number of carbonyl (C=O) groups excluding carboxylic acids is 3. The van der Waals surface area contributed by atoms with Crippen LogP contribution in [0.2, 0.25) is 0 Å². The molecular weight excluding hydrogens is 495 g/mol. The highest BCUT2D eigenvalue weighted by Gasteiger charge is 2.83. The van der Waals surface area contributed by atoms with E-state index in [-0.39, 0.29) is 47.9 Å². The Kier molecular flexibility index (Phi) is 4.98. The van der Waals surface area contributed by atoms with Crippen molar-refractivity contribution >= 4 is 87.4 Å². The molecule has 1 heterocycles. The molecule has 0 N–H and O–H groups in total. The molecule has 1 aliphatic heterocycles. The number of amides is 2. The van der Waals surface area contributed by atoms with Crippen molar-refractivity contribution in [2.24, 2.45) is 23.7 Å². The second-order valence-electron chi connectivity index (χ2n) is 7.69. The van der Waals surface area contributed by atoms with Gasteiger partial charge in [0.1, 0.15) is 16.4 Å². The first kappa shape index (κ1) is 21.3. The number of imide groups is 1. The van der Waals surface area contributed by atoms with Crippen LogP contribution in [0.5, 0.6) is 0 Å². The number of allylic oxidation sites excluding steroid dienone is 2. The zero-order chi connectivity index (χ0) is 20.8. The van der Waals surface area contributed by atoms with E-state index in [1.54, 1.807) is 0 Å². The first-order chi connectivity index (χ1) is 12.9. The fourth-order valence-corrected chi connectivity index (χ4v) is 8.40. The Morgan fingerprint density at radius 3 is 1.82 bits per heavy atom. The third-order valence-corrected chi connectivity index (χ3v) is 10.9. The smallest absolute Gasteiger partial charge is 0.302 e. The second-order valence-corrected chi connectivity index (χ2v) is 11.0. The van der Waals surface area contributed by atoms with Crippen LogP contribution in [0.3, 0.4) is 0 Å². The highest BCUT2D eigenvalue weighted by molar-refractivity contribution is 6.65. The largest absolute Gasteiger partial charge is 0.464 e. The predicted octanol–water partition coefficient (Wildman–Crippen LogP) is 4.02. The van der Waals surface area contributed by atoms with Crippen molar-refractivity contribution in [1.82, 2.24) is 4.90 Å². The number of hydrogen-bond donors (Lipinski definition) is 0. The van der Waals surface area contributed by atoms with E-state index in [0.717, 1.165) is 4.90 Å². The maximum absolute atomic E-state index is 12.9. The van der Waals surface area contributed by atoms with Gasteiger partial charge >= 0.3 is 5.97 Å². The van der Waals surface area contributed by atoms with Crippen molar-refractivity contribution < 1.29 is 19.1 Å². The molecule has 2 amide bonds. The molecule has 4 rings (SSSR count). The Bertz CT molecular complexity index is 776. The van der Waals surface area contributed by atoms with Crippen molar-refractivity contribution in [3.63, 3.8) is 0 Å². The van der Waals surface area contributed by atoms with Gasteiger partial charge < -0.3 is 4.74 Å². The van der Waals surface area contributed by atoms with Gasteiger partial charge in [-0.15, -0.1) is 23.2 Å². The minimum absolute atomic E-state index is 0.00628. The average Bonchev–Trinajstić information content (AvgIpc) is 2.98. The Labute approximate surface area is 191 Å². The molecule has 3 fully saturated rings. The van der Waals surface area contributed by atoms with Crippen LogP contribution in [0, 0.1) is 23.7 Å². The van der Waals surface area contributed by atoms with Crippen LogP contribution in [-0.2, 0) is 19.1 Å². The van der Waals surface area contributed by atoms with Gasteiger partial charge in [-0.05, 0) is 24.7 Å². The highest BCUT2D eigenvalue weighted by Crippen LogP contribution is 2.79. The maximum atomic E-state index is 12.9. The summed E-state index contributed by atoms with van der Waals surface area (Å²) in [5.74, 6) is -3.11. The third kappa shape index (κ3) is 2.32. The van der Waals surface area contributed by atoms with E-state index in [9.17, 15) is 14.4 Å². The number of rotatable bonds is 3. The Balaban J connectivity index is 1.64. The van der Waals surface area contributed by atoms with Crippen molar-refractivity contribution in [3.05, 3.63) is 10.1 Å². The molecule has 2 saturated carbocycles. The molecule has 0 aromatic rings. The standard InChI is InChI=1S/C17H15Cl6NO4/c1-6(25)28-3-2-24-13(26)7-4-9-10(5-8(7)14(24)27)16(21)12(19)11(18)15(9,20)17(16,22)23/h7-10H,2-5H2,1H3/t7-,8-,9-,10+,15-,16-/m1/s1. The van der Waals surface area contributed by atoms with E-state index < -0.39 is 43.7 Å². The predicted molar refractivity (Wildman–Crippen MR) is 107 cm³/mol. The van der Waals surface area contributed by atoms with Crippen LogP contribution in [0.1, 0.15) is 19.8 Å². The number of carbonyl (C=O) groups is 3. The minimum Gasteiger partial charge on any atom is -0.464 e. The summed E-state index contributed by atoms with van der Waals surface area (Å²) < 4.78 is 3.18. The lowest BCUT2D eigenvalue weighted by atomic mass is 9.65. The maximum Gasteiger partial charge on any atom is 0.302 e. The lowest BCUT2D eigenvalue weighted by Gasteiger charge is -2.42. The van der Waals surface area contributed by atoms with Crippen molar-refractivity contribution in [1.29, 1.82) is 0 Å². The van der Waals surface area contributed by atoms with Crippen molar-refractivity contribution in [2.45, 2.75) is 33.8 Å². The molecule has 6 atom stereocenters. The Morgan fingerprint density at radius 2 is 1.43 bits per heavy atom. The van der Waals surface area contributed by atoms with Gasteiger partial charge in [-0.3, -0.25) is 19.3 Å². The van der Waals surface area contributed by atoms with E-state index in [4.69, 9.17) is 74.3 Å². The normalized spacial score (nSPS) is 43.5. The van der Waals surface area contributed by atoms with Crippen LogP contribution in [0.4, 0.5) is 0 Å². The molecule has 0 spiro atoms. The summed E-state index contributed by atoms with van der Waals surface area (Å²) in [6, 6.07) is 0. The molecule has 0 aromatic heterocycles. The van der Waals surface area contributed by atoms with Crippen molar-refractivity contribution in [2.75, 3.05) is 13.2 Å². The Morgan fingerprint density at radius 1 is 1.00 bits per heavy atom. The van der Waals surface area contributed by atoms with Crippen LogP contribution >= 0.6 is 69.6 Å². The molecule has 0 unspecified atom stereocenters. The molecule has 5 nitrogen and oxygen atoms in total. The number of ether oxygens (including phenoxy) is 1. The van der Waals surface area contributed by atoms with E-state index in [1.165, 1.54) is 6.92 Å². The second kappa shape index (κ2) is 6.54. The van der Waals surface area contributed by atoms with Crippen LogP contribution in [-0.4, -0.2) is 49.9 Å². The summed E-state index contributed by atoms with van der Waals surface area (Å²) in [6.07, 6.45) is 0.535. The number of hydrogen-bond acceptors (Lipinski definition) is 4. The van der Waals surface area contributed by atoms with Gasteiger partial charge in [0, 0.05) is 6.92 Å². The zero-order valence-electron chi connectivity index (χ0n) is 14.5. The topological polar surface area (TPSA) is 63.7 Å². The lowest BCUT2D eigenvalue weighted by molar-refractivity contribution is -0.147. The van der Waals surface area contributed by atoms with E-state index in [0.29, 0.717) is 0 Å². The van der Waals surface area contributed by atoms with Crippen molar-refractivity contribution in [3.8, 4) is 0 Å². The average molecular weight is 510 g/mol. The van der Waals surface area contributed by atoms with Gasteiger partial charge in [0.2, 0.25) is 11.8 Å². The summed E-state index contributed by atoms with van der Waals surface area (Å²) in [5.41, 5.74) is 0. The number of likely N-dealkylation sites (tertiary alicyclic amines) is 1. The fourth-order valence-electron chi connectivity index (χ4n) is 5.29. The molecular formula is C17H15Cl6NO4. The van der Waals surface area contributed by atoms with E-state index in [1.807, 2.05) is 0 Å². The van der Waals surface area contributed by atoms with Gasteiger partial charge in [0.25, 0.3) is 0 Å². The molecule has 28 heavy (non-hydrogen) atoms. The summed E-state index contributed by atoms with van der Waals surface area (Å²) in [5, 5.41) is 0.193. The number of nitrogens with zero attached hydrogens (tertiary/aromatic N) is 1. The molecule has 11 heteroatoms. The Hall–Kier alpha value is 0.0900. The van der Waals surface area contributed by atoms with Gasteiger partial charge in [-0.1, -0.05) is 46.4 Å². The highest BCUT2D eigenvalue weighted by atomic mass is 35.5. The van der Waals surface area contributed by atoms with Gasteiger partial charge in [-0.2, -0.15) is 0 Å². The molecule has 154 valence electrons. The molecule has 4 aliphatic rings. The van der Waals surface area contributed by atoms with Crippen LogP contribution < -0.4 is 0 Å². The number of esters is 1. The van der Waals surface area contributed by atoms with Crippen LogP contribution in [0.15, 0.2) is 10.1 Å². The summed E-state index contributed by atoms with van der Waals surface area (Å²) >= 11 is 39.6. The SMILES string of the molecule is CC(=O)OCCN1C(=O)[C@@H]2C[C@@H]3[C@H](C[C@H]2C1=O)[C@@]1(Cl)C(Cl)=C(Cl)[C@@]3(Cl)C1(Cl)Cl. The molecule has 0 aromatic carbocycles. The quantitative estimate of drug-likeness (QED) is 0.327. The summed E-state index contributed by atoms with van der Waals surface area (Å²) in [4.78, 5) is 34.9. The van der Waals surface area contributed by atoms with Gasteiger partial charge in [-0.25, -0.2) is 0 Å². The lowest BCUT2D eigenvalue weighted by Crippen LogP contribution is -2.44. The molecule has 1 saturated heterocycles.